The lowest BCUT2D eigenvalue weighted by atomic mass is 10.1. The van der Waals surface area contributed by atoms with Gasteiger partial charge in [-0.3, -0.25) is 9.36 Å². The van der Waals surface area contributed by atoms with E-state index >= 15 is 0 Å². The van der Waals surface area contributed by atoms with Crippen LogP contribution in [0.4, 0.5) is 0 Å². The zero-order valence-electron chi connectivity index (χ0n) is 17.3. The molecule has 0 unspecified atom stereocenters. The van der Waals surface area contributed by atoms with Crippen molar-refractivity contribution in [2.45, 2.75) is 39.8 Å². The van der Waals surface area contributed by atoms with Gasteiger partial charge in [0, 0.05) is 6.04 Å². The molecule has 0 fully saturated rings. The van der Waals surface area contributed by atoms with Crippen LogP contribution in [0.2, 0.25) is 0 Å². The molecule has 6 heteroatoms. The Kier molecular flexibility index (Phi) is 4.35. The summed E-state index contributed by atoms with van der Waals surface area (Å²) >= 11 is 0. The van der Waals surface area contributed by atoms with Crippen molar-refractivity contribution in [2.75, 3.05) is 0 Å². The summed E-state index contributed by atoms with van der Waals surface area (Å²) in [6.45, 7) is 6.74. The van der Waals surface area contributed by atoms with E-state index < -0.39 is 0 Å². The van der Waals surface area contributed by atoms with Crippen LogP contribution in [0.15, 0.2) is 59.7 Å². The van der Waals surface area contributed by atoms with Gasteiger partial charge in [0.25, 0.3) is 5.56 Å². The van der Waals surface area contributed by atoms with E-state index in [9.17, 15) is 4.79 Å². The molecule has 0 spiro atoms. The highest BCUT2D eigenvalue weighted by atomic mass is 16.1. The largest absolute Gasteiger partial charge is 0.304 e. The van der Waals surface area contributed by atoms with Crippen molar-refractivity contribution in [3.05, 3.63) is 76.3 Å². The molecule has 0 aliphatic rings. The van der Waals surface area contributed by atoms with E-state index in [1.165, 1.54) is 5.56 Å². The monoisotopic (exact) mass is 397 g/mol. The van der Waals surface area contributed by atoms with Gasteiger partial charge in [0.15, 0.2) is 11.3 Å². The molecule has 0 aliphatic heterocycles. The Morgan fingerprint density at radius 3 is 2.37 bits per heavy atom. The molecule has 30 heavy (non-hydrogen) atoms. The highest BCUT2D eigenvalue weighted by molar-refractivity contribution is 6.04. The molecule has 5 aromatic rings. The van der Waals surface area contributed by atoms with Crippen LogP contribution in [0, 0.1) is 6.92 Å². The standard InChI is InChI=1S/C24H23N5O/c1-4-16(3)29-14-25-22-20(24(29)30)21-23(27-19-8-6-5-7-18(19)26-21)28(22)13-17-11-9-15(2)10-12-17/h5-12,14,16H,4,13H2,1-3H3/t16-/m0/s1. The summed E-state index contributed by atoms with van der Waals surface area (Å²) in [7, 11) is 0. The van der Waals surface area contributed by atoms with Crippen LogP contribution in [0.5, 0.6) is 0 Å². The Hall–Kier alpha value is -3.54. The second kappa shape index (κ2) is 7.06. The second-order valence-electron chi connectivity index (χ2n) is 7.87. The predicted octanol–water partition coefficient (Wildman–Crippen LogP) is 4.62. The van der Waals surface area contributed by atoms with Crippen LogP contribution < -0.4 is 5.56 Å². The van der Waals surface area contributed by atoms with Gasteiger partial charge in [0.1, 0.15) is 17.2 Å². The molecule has 0 bridgehead atoms. The number of fused-ring (bicyclic) bond motifs is 4. The first-order chi connectivity index (χ1) is 14.6. The van der Waals surface area contributed by atoms with Crippen LogP contribution >= 0.6 is 0 Å². The zero-order chi connectivity index (χ0) is 20.8. The summed E-state index contributed by atoms with van der Waals surface area (Å²) in [5.41, 5.74) is 5.79. The molecule has 5 rings (SSSR count). The number of hydrogen-bond acceptors (Lipinski definition) is 4. The Balaban J connectivity index is 1.86. The zero-order valence-corrected chi connectivity index (χ0v) is 17.3. The van der Waals surface area contributed by atoms with Gasteiger partial charge in [0.2, 0.25) is 0 Å². The third kappa shape index (κ3) is 2.87. The number of hydrogen-bond donors (Lipinski definition) is 0. The molecule has 0 saturated heterocycles. The van der Waals surface area contributed by atoms with Crippen LogP contribution in [0.1, 0.15) is 37.4 Å². The van der Waals surface area contributed by atoms with E-state index in [4.69, 9.17) is 15.0 Å². The molecule has 0 amide bonds. The van der Waals surface area contributed by atoms with Gasteiger partial charge in [-0.15, -0.1) is 0 Å². The van der Waals surface area contributed by atoms with Gasteiger partial charge >= 0.3 is 0 Å². The van der Waals surface area contributed by atoms with E-state index in [1.54, 1.807) is 10.9 Å². The SMILES string of the molecule is CC[C@H](C)n1cnc2c(c1=O)c1nc3ccccc3nc1n2Cc1ccc(C)cc1. The quantitative estimate of drug-likeness (QED) is 0.444. The van der Waals surface area contributed by atoms with E-state index in [2.05, 4.69) is 38.1 Å². The predicted molar refractivity (Wildman–Crippen MR) is 120 cm³/mol. The maximum absolute atomic E-state index is 13.4. The van der Waals surface area contributed by atoms with Gasteiger partial charge in [-0.25, -0.2) is 15.0 Å². The lowest BCUT2D eigenvalue weighted by Gasteiger charge is -2.12. The van der Waals surface area contributed by atoms with Gasteiger partial charge in [0.05, 0.1) is 17.6 Å². The minimum absolute atomic E-state index is 0.0633. The van der Waals surface area contributed by atoms with Crippen molar-refractivity contribution in [3.8, 4) is 0 Å². The van der Waals surface area contributed by atoms with E-state index in [0.717, 1.165) is 23.0 Å². The summed E-state index contributed by atoms with van der Waals surface area (Å²) in [6.07, 6.45) is 2.51. The van der Waals surface area contributed by atoms with Crippen molar-refractivity contribution in [3.63, 3.8) is 0 Å². The van der Waals surface area contributed by atoms with Gasteiger partial charge in [-0.2, -0.15) is 0 Å². The van der Waals surface area contributed by atoms with Gasteiger partial charge in [-0.05, 0) is 38.0 Å². The summed E-state index contributed by atoms with van der Waals surface area (Å²) in [4.78, 5) is 27.8. The fraction of sp³-hybridized carbons (Fsp3) is 0.250. The topological polar surface area (TPSA) is 65.6 Å². The normalized spacial score (nSPS) is 12.8. The van der Waals surface area contributed by atoms with Crippen molar-refractivity contribution < 1.29 is 0 Å². The number of rotatable bonds is 4. The van der Waals surface area contributed by atoms with Crippen LogP contribution in [-0.4, -0.2) is 24.1 Å². The molecule has 3 heterocycles. The molecule has 2 aromatic carbocycles. The summed E-state index contributed by atoms with van der Waals surface area (Å²) in [6, 6.07) is 16.2. The number of benzene rings is 2. The van der Waals surface area contributed by atoms with E-state index in [1.807, 2.05) is 35.8 Å². The minimum atomic E-state index is -0.0633. The maximum atomic E-state index is 13.4. The lowest BCUT2D eigenvalue weighted by Crippen LogP contribution is -2.23. The molecule has 150 valence electrons. The fourth-order valence-corrected chi connectivity index (χ4v) is 3.85. The average molecular weight is 397 g/mol. The molecular weight excluding hydrogens is 374 g/mol. The molecule has 0 saturated carbocycles. The lowest BCUT2D eigenvalue weighted by molar-refractivity contribution is 0.510. The Morgan fingerprint density at radius 1 is 0.967 bits per heavy atom. The third-order valence-electron chi connectivity index (χ3n) is 5.80. The Bertz CT molecular complexity index is 1450. The number of para-hydroxylation sites is 2. The van der Waals surface area contributed by atoms with Gasteiger partial charge in [-0.1, -0.05) is 48.9 Å². The summed E-state index contributed by atoms with van der Waals surface area (Å²) < 4.78 is 3.71. The van der Waals surface area contributed by atoms with Crippen LogP contribution in [0.3, 0.4) is 0 Å². The molecule has 0 N–H and O–H groups in total. The first-order valence-corrected chi connectivity index (χ1v) is 10.3. The van der Waals surface area contributed by atoms with Crippen molar-refractivity contribution in [1.82, 2.24) is 24.1 Å². The minimum Gasteiger partial charge on any atom is -0.304 e. The second-order valence-corrected chi connectivity index (χ2v) is 7.87. The summed E-state index contributed by atoms with van der Waals surface area (Å²) in [5, 5.41) is 0.540. The first kappa shape index (κ1) is 18.5. The first-order valence-electron chi connectivity index (χ1n) is 10.3. The fourth-order valence-electron chi connectivity index (χ4n) is 3.85. The van der Waals surface area contributed by atoms with Crippen LogP contribution in [0.25, 0.3) is 33.2 Å². The maximum Gasteiger partial charge on any atom is 0.265 e. The van der Waals surface area contributed by atoms with Gasteiger partial charge < -0.3 is 4.57 Å². The molecule has 1 atom stereocenters. The Labute approximate surface area is 173 Å². The van der Waals surface area contributed by atoms with E-state index in [0.29, 0.717) is 28.7 Å². The van der Waals surface area contributed by atoms with Crippen molar-refractivity contribution in [1.29, 1.82) is 0 Å². The van der Waals surface area contributed by atoms with E-state index in [-0.39, 0.29) is 11.6 Å². The molecule has 0 radical (unpaired) electrons. The van der Waals surface area contributed by atoms with Crippen LogP contribution in [-0.2, 0) is 6.54 Å². The van der Waals surface area contributed by atoms with Crippen molar-refractivity contribution in [2.24, 2.45) is 0 Å². The highest BCUT2D eigenvalue weighted by Crippen LogP contribution is 2.26. The highest BCUT2D eigenvalue weighted by Gasteiger charge is 2.21. The Morgan fingerprint density at radius 2 is 1.67 bits per heavy atom. The number of nitrogens with zero attached hydrogens (tertiary/aromatic N) is 5. The van der Waals surface area contributed by atoms with Crippen molar-refractivity contribution >= 4 is 33.2 Å². The smallest absolute Gasteiger partial charge is 0.265 e. The number of aryl methyl sites for hydroxylation is 1. The number of aromatic nitrogens is 5. The molecule has 6 nitrogen and oxygen atoms in total. The third-order valence-corrected chi connectivity index (χ3v) is 5.80. The molecule has 3 aromatic heterocycles. The summed E-state index contributed by atoms with van der Waals surface area (Å²) in [5.74, 6) is 0. The molecule has 0 aliphatic carbocycles. The average Bonchev–Trinajstić information content (AvgIpc) is 3.06. The molecular formula is C24H23N5O.